The molecular weight excluding hydrogens is 516 g/mol. The molecule has 2 N–H and O–H groups in total. The van der Waals surface area contributed by atoms with E-state index in [1.165, 1.54) is 12.0 Å². The molecule has 1 aliphatic heterocycles. The van der Waals surface area contributed by atoms with Gasteiger partial charge in [-0.1, -0.05) is 28.1 Å². The number of methoxy groups -OCH3 is 1. The van der Waals surface area contributed by atoms with E-state index in [1.54, 1.807) is 26.4 Å². The van der Waals surface area contributed by atoms with E-state index in [-0.39, 0.29) is 17.0 Å². The van der Waals surface area contributed by atoms with Crippen LogP contribution in [-0.4, -0.2) is 55.9 Å². The molecule has 1 saturated heterocycles. The number of aromatic amines is 1. The number of imidazole rings is 1. The molecule has 1 aliphatic rings. The number of ether oxygens (including phenoxy) is 1. The van der Waals surface area contributed by atoms with Crippen LogP contribution in [0.2, 0.25) is 0 Å². The number of benzene rings is 1. The van der Waals surface area contributed by atoms with Crippen molar-refractivity contribution in [1.29, 1.82) is 0 Å². The molecule has 1 atom stereocenters. The maximum Gasteiger partial charge on any atom is 0.354 e. The van der Waals surface area contributed by atoms with E-state index in [9.17, 15) is 19.5 Å². The van der Waals surface area contributed by atoms with Gasteiger partial charge in [0.1, 0.15) is 11.5 Å². The van der Waals surface area contributed by atoms with Crippen molar-refractivity contribution >= 4 is 39.3 Å². The van der Waals surface area contributed by atoms with Gasteiger partial charge in [-0.25, -0.2) is 9.78 Å². The van der Waals surface area contributed by atoms with Gasteiger partial charge in [0.2, 0.25) is 0 Å². The Morgan fingerprint density at radius 3 is 2.69 bits per heavy atom. The minimum absolute atomic E-state index is 0.0163. The summed E-state index contributed by atoms with van der Waals surface area (Å²) in [6.45, 7) is 4.26. The normalized spacial score (nSPS) is 17.3. The van der Waals surface area contributed by atoms with Crippen molar-refractivity contribution < 1.29 is 24.2 Å². The van der Waals surface area contributed by atoms with Crippen molar-refractivity contribution in [3.8, 4) is 0 Å². The van der Waals surface area contributed by atoms with E-state index in [0.717, 1.165) is 4.47 Å². The lowest BCUT2D eigenvalue weighted by atomic mass is 9.94. The lowest BCUT2D eigenvalue weighted by molar-refractivity contribution is -0.139. The first kappa shape index (κ1) is 24.5. The molecule has 35 heavy (non-hydrogen) atoms. The monoisotopic (exact) mass is 540 g/mol. The Bertz CT molecular complexity index is 1330. The molecule has 0 spiro atoms. The number of esters is 1. The average molecular weight is 541 g/mol. The molecule has 3 heterocycles. The maximum atomic E-state index is 13.3. The van der Waals surface area contributed by atoms with E-state index < -0.39 is 23.7 Å². The molecule has 2 aromatic heterocycles. The molecular formula is C25H25BrN4O5. The second-order valence-electron chi connectivity index (χ2n) is 8.32. The predicted molar refractivity (Wildman–Crippen MR) is 132 cm³/mol. The molecule has 0 unspecified atom stereocenters. The minimum atomic E-state index is -0.787. The third-order valence-corrected chi connectivity index (χ3v) is 6.64. The standard InChI is InChI=1S/C25H25BrN4O5/c1-14-18(15(2)28-20(14)25(34)35-3)22(31)19-21(16-6-4-7-17(26)12-16)30(24(33)23(19)32)10-5-9-29-11-8-27-13-29/h4,6-8,11-13,21,28,31H,5,9-10H2,1-3H3/b22-19+/t21-/m0/s1. The van der Waals surface area contributed by atoms with Gasteiger partial charge in [-0.2, -0.15) is 0 Å². The highest BCUT2D eigenvalue weighted by atomic mass is 79.9. The van der Waals surface area contributed by atoms with Gasteiger partial charge in [-0.05, 0) is 43.5 Å². The van der Waals surface area contributed by atoms with Crippen LogP contribution in [-0.2, 0) is 20.9 Å². The number of aryl methyl sites for hydroxylation is 2. The number of nitrogens with zero attached hydrogens (tertiary/aromatic N) is 3. The van der Waals surface area contributed by atoms with E-state index in [4.69, 9.17) is 4.74 Å². The smallest absolute Gasteiger partial charge is 0.354 e. The van der Waals surface area contributed by atoms with Gasteiger partial charge in [0.25, 0.3) is 11.7 Å². The third-order valence-electron chi connectivity index (χ3n) is 6.14. The van der Waals surface area contributed by atoms with Crippen molar-refractivity contribution in [2.24, 2.45) is 0 Å². The Labute approximate surface area is 210 Å². The Morgan fingerprint density at radius 1 is 1.26 bits per heavy atom. The number of aromatic nitrogens is 3. The number of likely N-dealkylation sites (tertiary alicyclic amines) is 1. The number of hydrogen-bond acceptors (Lipinski definition) is 6. The first-order chi connectivity index (χ1) is 16.7. The number of carbonyl (C=O) groups excluding carboxylic acids is 3. The van der Waals surface area contributed by atoms with Gasteiger partial charge in [0, 0.05) is 41.2 Å². The zero-order chi connectivity index (χ0) is 25.3. The van der Waals surface area contributed by atoms with Gasteiger partial charge in [0.15, 0.2) is 0 Å². The molecule has 1 amide bonds. The number of H-pyrrole nitrogens is 1. The summed E-state index contributed by atoms with van der Waals surface area (Å²) in [6, 6.07) is 6.51. The number of ketones is 1. The van der Waals surface area contributed by atoms with E-state index in [0.29, 0.717) is 41.9 Å². The first-order valence-corrected chi connectivity index (χ1v) is 11.8. The van der Waals surface area contributed by atoms with Crippen LogP contribution < -0.4 is 0 Å². The molecule has 1 fully saturated rings. The van der Waals surface area contributed by atoms with E-state index >= 15 is 0 Å². The summed E-state index contributed by atoms with van der Waals surface area (Å²) in [5.74, 6) is -2.36. The fourth-order valence-corrected chi connectivity index (χ4v) is 4.94. The summed E-state index contributed by atoms with van der Waals surface area (Å²) < 4.78 is 7.49. The Balaban J connectivity index is 1.80. The highest BCUT2D eigenvalue weighted by Gasteiger charge is 2.46. The molecule has 0 bridgehead atoms. The van der Waals surface area contributed by atoms with Gasteiger partial charge in [-0.15, -0.1) is 0 Å². The highest BCUT2D eigenvalue weighted by molar-refractivity contribution is 9.10. The zero-order valence-corrected chi connectivity index (χ0v) is 21.1. The van der Waals surface area contributed by atoms with Crippen LogP contribution in [0.1, 0.15) is 45.3 Å². The van der Waals surface area contributed by atoms with Crippen molar-refractivity contribution in [2.45, 2.75) is 32.9 Å². The molecule has 1 aromatic carbocycles. The lowest BCUT2D eigenvalue weighted by Crippen LogP contribution is -2.31. The summed E-state index contributed by atoms with van der Waals surface area (Å²) in [5.41, 5.74) is 2.08. The number of rotatable bonds is 7. The maximum absolute atomic E-state index is 13.3. The molecule has 9 nitrogen and oxygen atoms in total. The Kier molecular flexibility index (Phi) is 6.93. The molecule has 0 radical (unpaired) electrons. The summed E-state index contributed by atoms with van der Waals surface area (Å²) in [6.07, 6.45) is 5.78. The van der Waals surface area contributed by atoms with Crippen molar-refractivity contribution in [3.63, 3.8) is 0 Å². The molecule has 10 heteroatoms. The fourth-order valence-electron chi connectivity index (χ4n) is 4.52. The van der Waals surface area contributed by atoms with Crippen LogP contribution in [0.15, 0.2) is 53.0 Å². The van der Waals surface area contributed by atoms with Crippen molar-refractivity contribution in [3.05, 3.63) is 81.1 Å². The topological polar surface area (TPSA) is 118 Å². The molecule has 3 aromatic rings. The summed E-state index contributed by atoms with van der Waals surface area (Å²) in [4.78, 5) is 47.0. The highest BCUT2D eigenvalue weighted by Crippen LogP contribution is 2.41. The number of aliphatic hydroxyl groups excluding tert-OH is 1. The molecule has 0 saturated carbocycles. The van der Waals surface area contributed by atoms with Crippen LogP contribution in [0.4, 0.5) is 0 Å². The van der Waals surface area contributed by atoms with Gasteiger partial charge < -0.3 is 24.3 Å². The number of Topliss-reactive ketones (excluding diaryl/α,β-unsaturated/α-hetero) is 1. The fraction of sp³-hybridized carbons (Fsp3) is 0.280. The number of halogens is 1. The number of amides is 1. The van der Waals surface area contributed by atoms with Crippen molar-refractivity contribution in [2.75, 3.05) is 13.7 Å². The number of aliphatic hydroxyl groups is 1. The van der Waals surface area contributed by atoms with Crippen LogP contribution in [0.25, 0.3) is 5.76 Å². The van der Waals surface area contributed by atoms with Gasteiger partial charge in [-0.3, -0.25) is 9.59 Å². The van der Waals surface area contributed by atoms with Gasteiger partial charge >= 0.3 is 5.97 Å². The SMILES string of the molecule is COC(=O)c1[nH]c(C)c(/C(O)=C2\C(=O)C(=O)N(CCCn3ccnc3)[C@H]2c2cccc(Br)c2)c1C. The molecule has 182 valence electrons. The first-order valence-electron chi connectivity index (χ1n) is 11.0. The molecule has 4 rings (SSSR count). The van der Waals surface area contributed by atoms with Crippen LogP contribution in [0, 0.1) is 13.8 Å². The summed E-state index contributed by atoms with van der Waals surface area (Å²) in [7, 11) is 1.26. The van der Waals surface area contributed by atoms with E-state index in [1.807, 2.05) is 35.0 Å². The quantitative estimate of drug-likeness (QED) is 0.203. The van der Waals surface area contributed by atoms with Crippen LogP contribution in [0.5, 0.6) is 0 Å². The van der Waals surface area contributed by atoms with Gasteiger partial charge in [0.05, 0.1) is 25.1 Å². The molecule has 0 aliphatic carbocycles. The number of carbonyl (C=O) groups is 3. The second-order valence-corrected chi connectivity index (χ2v) is 9.23. The number of hydrogen-bond donors (Lipinski definition) is 2. The zero-order valence-electron chi connectivity index (χ0n) is 19.5. The second kappa shape index (κ2) is 9.91. The largest absolute Gasteiger partial charge is 0.507 e. The summed E-state index contributed by atoms with van der Waals surface area (Å²) >= 11 is 3.46. The van der Waals surface area contributed by atoms with Crippen LogP contribution >= 0.6 is 15.9 Å². The lowest BCUT2D eigenvalue weighted by Gasteiger charge is -2.25. The predicted octanol–water partition coefficient (Wildman–Crippen LogP) is 3.89. The minimum Gasteiger partial charge on any atom is -0.507 e. The Hall–Kier alpha value is -3.66. The Morgan fingerprint density at radius 2 is 2.03 bits per heavy atom. The van der Waals surface area contributed by atoms with Crippen LogP contribution in [0.3, 0.4) is 0 Å². The average Bonchev–Trinajstić information content (AvgIpc) is 3.52. The third kappa shape index (κ3) is 4.53. The van der Waals surface area contributed by atoms with Crippen molar-refractivity contribution in [1.82, 2.24) is 19.4 Å². The van der Waals surface area contributed by atoms with E-state index in [2.05, 4.69) is 25.9 Å². The number of nitrogens with one attached hydrogen (secondary N) is 1. The summed E-state index contributed by atoms with van der Waals surface area (Å²) in [5, 5.41) is 11.4.